The Morgan fingerprint density at radius 1 is 1.13 bits per heavy atom. The van der Waals surface area contributed by atoms with Crippen LogP contribution in [0.5, 0.6) is 11.5 Å². The van der Waals surface area contributed by atoms with Crippen molar-refractivity contribution in [2.75, 3.05) is 23.8 Å². The number of nitrogens with zero attached hydrogens (tertiary/aromatic N) is 1. The fourth-order valence-corrected chi connectivity index (χ4v) is 4.15. The van der Waals surface area contributed by atoms with Crippen LogP contribution >= 0.6 is 0 Å². The summed E-state index contributed by atoms with van der Waals surface area (Å²) in [5, 5.41) is 15.9. The average molecular weight is 417 g/mol. The molecular formula is C24H23N3O4. The van der Waals surface area contributed by atoms with Gasteiger partial charge in [0.25, 0.3) is 0 Å². The van der Waals surface area contributed by atoms with Gasteiger partial charge < -0.3 is 25.2 Å². The SMILES string of the molecule is Cc1ccnc(Nc2cccc3c2OC[C@H]3Nc2ccc3c(c2)OC[C@H]3CC(=O)O)c1. The first kappa shape index (κ1) is 19.2. The van der Waals surface area contributed by atoms with Gasteiger partial charge in [0.15, 0.2) is 0 Å². The molecule has 158 valence electrons. The highest BCUT2D eigenvalue weighted by Gasteiger charge is 2.29. The predicted molar refractivity (Wildman–Crippen MR) is 117 cm³/mol. The number of fused-ring (bicyclic) bond motifs is 2. The Balaban J connectivity index is 1.34. The van der Waals surface area contributed by atoms with Crippen LogP contribution in [0.25, 0.3) is 0 Å². The summed E-state index contributed by atoms with van der Waals surface area (Å²) in [6.07, 6.45) is 1.86. The Bertz CT molecular complexity index is 1150. The van der Waals surface area contributed by atoms with Crippen molar-refractivity contribution in [3.05, 3.63) is 71.4 Å². The molecule has 7 nitrogen and oxygen atoms in total. The maximum absolute atomic E-state index is 11.0. The third-order valence-corrected chi connectivity index (χ3v) is 5.65. The number of aryl methyl sites for hydroxylation is 1. The van der Waals surface area contributed by atoms with Crippen molar-refractivity contribution in [2.45, 2.75) is 25.3 Å². The van der Waals surface area contributed by atoms with E-state index in [1.807, 2.05) is 49.4 Å². The molecule has 7 heteroatoms. The number of carboxylic acid groups (broad SMARTS) is 1. The highest BCUT2D eigenvalue weighted by molar-refractivity contribution is 5.70. The van der Waals surface area contributed by atoms with Gasteiger partial charge in [-0.05, 0) is 36.8 Å². The Morgan fingerprint density at radius 3 is 2.87 bits per heavy atom. The van der Waals surface area contributed by atoms with Crippen molar-refractivity contribution in [1.82, 2.24) is 4.98 Å². The molecule has 0 amide bonds. The molecule has 0 unspecified atom stereocenters. The van der Waals surface area contributed by atoms with Gasteiger partial charge in [0, 0.05) is 35.0 Å². The summed E-state index contributed by atoms with van der Waals surface area (Å²) in [6, 6.07) is 15.9. The Kier molecular flexibility index (Phi) is 4.86. The van der Waals surface area contributed by atoms with Crippen molar-refractivity contribution >= 4 is 23.2 Å². The van der Waals surface area contributed by atoms with E-state index in [4.69, 9.17) is 14.6 Å². The number of pyridine rings is 1. The minimum absolute atomic E-state index is 0.00325. The van der Waals surface area contributed by atoms with Crippen LogP contribution in [0.2, 0.25) is 0 Å². The van der Waals surface area contributed by atoms with Crippen molar-refractivity contribution in [3.8, 4) is 11.5 Å². The van der Waals surface area contributed by atoms with Crippen molar-refractivity contribution in [3.63, 3.8) is 0 Å². The number of hydrogen-bond acceptors (Lipinski definition) is 6. The van der Waals surface area contributed by atoms with E-state index in [1.165, 1.54) is 0 Å². The van der Waals surface area contributed by atoms with Gasteiger partial charge in [-0.1, -0.05) is 18.2 Å². The lowest BCUT2D eigenvalue weighted by molar-refractivity contribution is -0.137. The van der Waals surface area contributed by atoms with Crippen LogP contribution in [0.4, 0.5) is 17.2 Å². The average Bonchev–Trinajstić information content (AvgIpc) is 3.33. The molecule has 2 aromatic carbocycles. The molecule has 3 heterocycles. The van der Waals surface area contributed by atoms with Crippen molar-refractivity contribution in [2.24, 2.45) is 0 Å². The molecule has 0 radical (unpaired) electrons. The topological polar surface area (TPSA) is 92.7 Å². The lowest BCUT2D eigenvalue weighted by Gasteiger charge is -2.15. The molecule has 0 spiro atoms. The highest BCUT2D eigenvalue weighted by Crippen LogP contribution is 2.42. The van der Waals surface area contributed by atoms with E-state index in [9.17, 15) is 4.79 Å². The van der Waals surface area contributed by atoms with Gasteiger partial charge in [-0.15, -0.1) is 0 Å². The highest BCUT2D eigenvalue weighted by atomic mass is 16.5. The van der Waals surface area contributed by atoms with E-state index in [1.54, 1.807) is 6.20 Å². The van der Waals surface area contributed by atoms with Crippen LogP contribution in [0, 0.1) is 6.92 Å². The zero-order valence-electron chi connectivity index (χ0n) is 17.1. The summed E-state index contributed by atoms with van der Waals surface area (Å²) >= 11 is 0. The molecule has 3 aromatic rings. The summed E-state index contributed by atoms with van der Waals surface area (Å²) < 4.78 is 11.8. The minimum atomic E-state index is -0.811. The number of aromatic nitrogens is 1. The van der Waals surface area contributed by atoms with Crippen molar-refractivity contribution in [1.29, 1.82) is 0 Å². The minimum Gasteiger partial charge on any atom is -0.493 e. The molecule has 5 rings (SSSR count). The first-order valence-corrected chi connectivity index (χ1v) is 10.3. The second-order valence-corrected chi connectivity index (χ2v) is 7.93. The molecule has 3 N–H and O–H groups in total. The lowest BCUT2D eigenvalue weighted by Crippen LogP contribution is -2.11. The smallest absolute Gasteiger partial charge is 0.304 e. The summed E-state index contributed by atoms with van der Waals surface area (Å²) in [5.41, 5.74) is 4.95. The third-order valence-electron chi connectivity index (χ3n) is 5.65. The summed E-state index contributed by atoms with van der Waals surface area (Å²) in [7, 11) is 0. The van der Waals surface area contributed by atoms with E-state index in [-0.39, 0.29) is 18.4 Å². The molecule has 0 saturated heterocycles. The summed E-state index contributed by atoms with van der Waals surface area (Å²) in [5.74, 6) is 1.44. The molecule has 0 saturated carbocycles. The van der Waals surface area contributed by atoms with Gasteiger partial charge >= 0.3 is 5.97 Å². The van der Waals surface area contributed by atoms with E-state index in [2.05, 4.69) is 21.7 Å². The third kappa shape index (κ3) is 3.86. The normalized spacial score (nSPS) is 18.5. The molecule has 0 fully saturated rings. The van der Waals surface area contributed by atoms with Gasteiger partial charge in [0.2, 0.25) is 0 Å². The second-order valence-electron chi connectivity index (χ2n) is 7.93. The van der Waals surface area contributed by atoms with E-state index in [0.29, 0.717) is 13.2 Å². The van der Waals surface area contributed by atoms with Gasteiger partial charge in [-0.3, -0.25) is 4.79 Å². The van der Waals surface area contributed by atoms with E-state index >= 15 is 0 Å². The fourth-order valence-electron chi connectivity index (χ4n) is 4.15. The number of rotatable bonds is 6. The first-order valence-electron chi connectivity index (χ1n) is 10.3. The summed E-state index contributed by atoms with van der Waals surface area (Å²) in [6.45, 7) is 2.94. The molecular weight excluding hydrogens is 394 g/mol. The van der Waals surface area contributed by atoms with Crippen LogP contribution in [0.3, 0.4) is 0 Å². The van der Waals surface area contributed by atoms with Gasteiger partial charge in [-0.25, -0.2) is 4.98 Å². The van der Waals surface area contributed by atoms with Crippen LogP contribution < -0.4 is 20.1 Å². The largest absolute Gasteiger partial charge is 0.493 e. The maximum Gasteiger partial charge on any atom is 0.304 e. The maximum atomic E-state index is 11.0. The lowest BCUT2D eigenvalue weighted by atomic mass is 9.97. The van der Waals surface area contributed by atoms with Crippen LogP contribution in [0.15, 0.2) is 54.7 Å². The number of carboxylic acids is 1. The first-order chi connectivity index (χ1) is 15.1. The standard InChI is InChI=1S/C24H23N3O4/c1-14-7-8-25-22(9-14)27-19-4-2-3-18-20(13-31-24(18)19)26-16-5-6-17-15(10-23(28)29)12-30-21(17)11-16/h2-9,11,15,20,26H,10,12-13H2,1H3,(H,25,27)(H,28,29)/t15-,20-/m1/s1. The summed E-state index contributed by atoms with van der Waals surface area (Å²) in [4.78, 5) is 15.4. The number of para-hydroxylation sites is 1. The van der Waals surface area contributed by atoms with E-state index in [0.717, 1.165) is 45.4 Å². The molecule has 2 atom stereocenters. The number of ether oxygens (including phenoxy) is 2. The zero-order valence-corrected chi connectivity index (χ0v) is 17.1. The second kappa shape index (κ2) is 7.83. The van der Waals surface area contributed by atoms with Crippen LogP contribution in [0.1, 0.15) is 35.1 Å². The van der Waals surface area contributed by atoms with Gasteiger partial charge in [0.1, 0.15) is 23.9 Å². The number of nitrogens with one attached hydrogen (secondary N) is 2. The quantitative estimate of drug-likeness (QED) is 0.538. The molecule has 31 heavy (non-hydrogen) atoms. The number of aliphatic carboxylic acids is 1. The fraction of sp³-hybridized carbons (Fsp3) is 0.250. The Morgan fingerprint density at radius 2 is 2.03 bits per heavy atom. The molecule has 2 aliphatic rings. The number of benzene rings is 2. The van der Waals surface area contributed by atoms with E-state index < -0.39 is 5.97 Å². The predicted octanol–water partition coefficient (Wildman–Crippen LogP) is 4.63. The number of anilines is 3. The van der Waals surface area contributed by atoms with Gasteiger partial charge in [0.05, 0.1) is 24.8 Å². The molecule has 1 aromatic heterocycles. The number of carbonyl (C=O) groups is 1. The molecule has 2 aliphatic heterocycles. The Labute approximate surface area is 180 Å². The van der Waals surface area contributed by atoms with Crippen LogP contribution in [-0.4, -0.2) is 29.3 Å². The van der Waals surface area contributed by atoms with Crippen LogP contribution in [-0.2, 0) is 4.79 Å². The monoisotopic (exact) mass is 417 g/mol. The van der Waals surface area contributed by atoms with Crippen molar-refractivity contribution < 1.29 is 19.4 Å². The van der Waals surface area contributed by atoms with Gasteiger partial charge in [-0.2, -0.15) is 0 Å². The zero-order chi connectivity index (χ0) is 21.4. The molecule has 0 bridgehead atoms. The Hall–Kier alpha value is -3.74. The molecule has 0 aliphatic carbocycles. The number of hydrogen-bond donors (Lipinski definition) is 3.